The molecule has 0 spiro atoms. The minimum Gasteiger partial charge on any atom is -0.336 e. The smallest absolute Gasteiger partial charge is 0.254 e. The van der Waals surface area contributed by atoms with Crippen LogP contribution < -0.4 is 0 Å². The summed E-state index contributed by atoms with van der Waals surface area (Å²) in [5.74, 6) is 0.566. The molecule has 3 fully saturated rings. The molecule has 5 rings (SSSR count). The minimum absolute atomic E-state index is 0.0233. The molecule has 1 amide bonds. The lowest BCUT2D eigenvalue weighted by molar-refractivity contribution is 0.0589. The van der Waals surface area contributed by atoms with E-state index in [-0.39, 0.29) is 23.5 Å². The number of aromatic nitrogens is 3. The molecule has 0 radical (unpaired) electrons. The van der Waals surface area contributed by atoms with Gasteiger partial charge < -0.3 is 4.90 Å². The van der Waals surface area contributed by atoms with Crippen molar-refractivity contribution >= 4 is 26.8 Å². The van der Waals surface area contributed by atoms with Crippen molar-refractivity contribution < 1.29 is 13.2 Å². The number of fused-ring (bicyclic) bond motifs is 1. The highest BCUT2D eigenvalue weighted by molar-refractivity contribution is 7.91. The monoisotopic (exact) mass is 431 g/mol. The van der Waals surface area contributed by atoms with Crippen LogP contribution in [0.2, 0.25) is 0 Å². The van der Waals surface area contributed by atoms with Crippen LogP contribution in [0.25, 0.3) is 11.0 Å². The molecule has 0 N–H and O–H groups in total. The van der Waals surface area contributed by atoms with Crippen molar-refractivity contribution in [3.05, 3.63) is 23.5 Å². The van der Waals surface area contributed by atoms with E-state index in [9.17, 15) is 13.2 Å². The van der Waals surface area contributed by atoms with Crippen LogP contribution >= 0.6 is 0 Å². The summed E-state index contributed by atoms with van der Waals surface area (Å²) >= 11 is 0. The Kier molecular flexibility index (Phi) is 5.05. The third-order valence-electron chi connectivity index (χ3n) is 6.92. The molecule has 1 saturated carbocycles. The Hall–Kier alpha value is -2.00. The molecule has 0 aromatic carbocycles. The van der Waals surface area contributed by atoms with Crippen molar-refractivity contribution in [2.45, 2.75) is 51.1 Å². The molecule has 0 unspecified atom stereocenters. The number of piperazine rings is 1. The number of hydrogen-bond acceptors (Lipinski definition) is 6. The second-order valence-electron chi connectivity index (χ2n) is 8.96. The summed E-state index contributed by atoms with van der Waals surface area (Å²) in [6, 6.07) is 2.36. The lowest BCUT2D eigenvalue weighted by Crippen LogP contribution is -2.52. The van der Waals surface area contributed by atoms with Gasteiger partial charge >= 0.3 is 0 Å². The van der Waals surface area contributed by atoms with E-state index in [0.29, 0.717) is 31.1 Å². The quantitative estimate of drug-likeness (QED) is 0.736. The van der Waals surface area contributed by atoms with Gasteiger partial charge in [-0.3, -0.25) is 9.69 Å². The van der Waals surface area contributed by atoms with Gasteiger partial charge in [0.15, 0.2) is 15.5 Å². The zero-order valence-corrected chi connectivity index (χ0v) is 18.3. The summed E-state index contributed by atoms with van der Waals surface area (Å²) in [5.41, 5.74) is 2.33. The van der Waals surface area contributed by atoms with Crippen molar-refractivity contribution in [2.75, 3.05) is 37.7 Å². The molecular formula is C21H29N5O3S. The number of carbonyl (C=O) groups is 1. The first kappa shape index (κ1) is 19.9. The Labute approximate surface area is 177 Å². The van der Waals surface area contributed by atoms with E-state index in [1.165, 1.54) is 12.8 Å². The molecule has 2 aromatic rings. The van der Waals surface area contributed by atoms with Crippen LogP contribution in [0.4, 0.5) is 0 Å². The van der Waals surface area contributed by atoms with E-state index < -0.39 is 9.84 Å². The zero-order chi connectivity index (χ0) is 20.9. The molecule has 3 aliphatic rings. The molecule has 8 nitrogen and oxygen atoms in total. The van der Waals surface area contributed by atoms with Gasteiger partial charge in [-0.2, -0.15) is 5.10 Å². The van der Waals surface area contributed by atoms with Crippen LogP contribution in [0.1, 0.15) is 54.2 Å². The number of carbonyl (C=O) groups excluding carboxylic acids is 1. The van der Waals surface area contributed by atoms with E-state index >= 15 is 0 Å². The fraction of sp³-hybridized carbons (Fsp3) is 0.667. The van der Waals surface area contributed by atoms with Gasteiger partial charge in [0, 0.05) is 37.9 Å². The highest BCUT2D eigenvalue weighted by Gasteiger charge is 2.35. The SMILES string of the molecule is Cc1cc(C(=O)N2CCN([C@@H]3CCS(=O)(=O)C3)CC2)c2cnn(C3CCCC3)c2n1. The van der Waals surface area contributed by atoms with Gasteiger partial charge in [0.25, 0.3) is 5.91 Å². The van der Waals surface area contributed by atoms with E-state index in [1.807, 2.05) is 22.6 Å². The zero-order valence-electron chi connectivity index (χ0n) is 17.5. The molecule has 1 atom stereocenters. The van der Waals surface area contributed by atoms with Crippen LogP contribution in [-0.2, 0) is 9.84 Å². The highest BCUT2D eigenvalue weighted by atomic mass is 32.2. The summed E-state index contributed by atoms with van der Waals surface area (Å²) in [6.45, 7) is 4.62. The predicted molar refractivity (Wildman–Crippen MR) is 114 cm³/mol. The lowest BCUT2D eigenvalue weighted by Gasteiger charge is -2.37. The standard InChI is InChI=1S/C21H29N5O3S/c1-15-12-18(19-13-22-26(20(19)23-15)16-4-2-3-5-16)21(27)25-9-7-24(8-10-25)17-6-11-30(28,29)14-17/h12-13,16-17H,2-11,14H2,1H3/t17-/m1/s1. The number of aryl methyl sites for hydroxylation is 1. The topological polar surface area (TPSA) is 88.4 Å². The minimum atomic E-state index is -2.89. The summed E-state index contributed by atoms with van der Waals surface area (Å²) in [7, 11) is -2.89. The predicted octanol–water partition coefficient (Wildman–Crippen LogP) is 1.80. The lowest BCUT2D eigenvalue weighted by atomic mass is 10.1. The van der Waals surface area contributed by atoms with Gasteiger partial charge in [0.05, 0.1) is 34.7 Å². The van der Waals surface area contributed by atoms with Crippen molar-refractivity contribution in [3.63, 3.8) is 0 Å². The second kappa shape index (κ2) is 7.60. The average molecular weight is 432 g/mol. The third kappa shape index (κ3) is 3.62. The second-order valence-corrected chi connectivity index (χ2v) is 11.2. The average Bonchev–Trinajstić information content (AvgIpc) is 3.46. The van der Waals surface area contributed by atoms with E-state index in [0.717, 1.165) is 42.7 Å². The Morgan fingerprint density at radius 1 is 1.07 bits per heavy atom. The first-order valence-corrected chi connectivity index (χ1v) is 12.8. The molecule has 162 valence electrons. The first-order valence-electron chi connectivity index (χ1n) is 11.0. The maximum atomic E-state index is 13.4. The van der Waals surface area contributed by atoms with E-state index in [2.05, 4.69) is 10.00 Å². The van der Waals surface area contributed by atoms with Gasteiger partial charge in [0.2, 0.25) is 0 Å². The Morgan fingerprint density at radius 3 is 2.47 bits per heavy atom. The fourth-order valence-corrected chi connectivity index (χ4v) is 7.02. The van der Waals surface area contributed by atoms with Crippen molar-refractivity contribution in [1.29, 1.82) is 0 Å². The number of rotatable bonds is 3. The summed E-state index contributed by atoms with van der Waals surface area (Å²) in [4.78, 5) is 22.2. The number of hydrogen-bond donors (Lipinski definition) is 0. The van der Waals surface area contributed by atoms with Gasteiger partial charge in [-0.05, 0) is 32.3 Å². The number of sulfone groups is 1. The third-order valence-corrected chi connectivity index (χ3v) is 8.67. The molecule has 30 heavy (non-hydrogen) atoms. The Bertz CT molecular complexity index is 1070. The van der Waals surface area contributed by atoms with Crippen molar-refractivity contribution in [2.24, 2.45) is 0 Å². The summed E-state index contributed by atoms with van der Waals surface area (Å²) in [5, 5.41) is 5.44. The molecule has 1 aliphatic carbocycles. The van der Waals surface area contributed by atoms with Gasteiger partial charge in [0.1, 0.15) is 0 Å². The number of pyridine rings is 1. The highest BCUT2D eigenvalue weighted by Crippen LogP contribution is 2.32. The van der Waals surface area contributed by atoms with Gasteiger partial charge in [-0.15, -0.1) is 0 Å². The number of nitrogens with zero attached hydrogens (tertiary/aromatic N) is 5. The van der Waals surface area contributed by atoms with Crippen LogP contribution in [0, 0.1) is 6.92 Å². The maximum Gasteiger partial charge on any atom is 0.254 e. The molecule has 0 bridgehead atoms. The largest absolute Gasteiger partial charge is 0.336 e. The van der Waals surface area contributed by atoms with Crippen LogP contribution in [-0.4, -0.2) is 82.6 Å². The normalized spacial score (nSPS) is 25.4. The van der Waals surface area contributed by atoms with Crippen molar-refractivity contribution in [1.82, 2.24) is 24.6 Å². The summed E-state index contributed by atoms with van der Waals surface area (Å²) in [6.07, 6.45) is 7.18. The molecule has 2 aromatic heterocycles. The van der Waals surface area contributed by atoms with Gasteiger partial charge in [-0.1, -0.05) is 12.8 Å². The summed E-state index contributed by atoms with van der Waals surface area (Å²) < 4.78 is 25.6. The first-order chi connectivity index (χ1) is 14.4. The Balaban J connectivity index is 1.34. The molecule has 9 heteroatoms. The molecule has 2 aliphatic heterocycles. The molecular weight excluding hydrogens is 402 g/mol. The van der Waals surface area contributed by atoms with Gasteiger partial charge in [-0.25, -0.2) is 18.1 Å². The maximum absolute atomic E-state index is 13.4. The number of amides is 1. The molecule has 4 heterocycles. The fourth-order valence-electron chi connectivity index (χ4n) is 5.26. The Morgan fingerprint density at radius 2 is 1.80 bits per heavy atom. The van der Waals surface area contributed by atoms with Crippen molar-refractivity contribution in [3.8, 4) is 0 Å². The van der Waals surface area contributed by atoms with Crippen LogP contribution in [0.3, 0.4) is 0 Å². The van der Waals surface area contributed by atoms with E-state index in [4.69, 9.17) is 4.98 Å². The van der Waals surface area contributed by atoms with Crippen LogP contribution in [0.5, 0.6) is 0 Å². The molecule has 2 saturated heterocycles. The van der Waals surface area contributed by atoms with Crippen LogP contribution in [0.15, 0.2) is 12.3 Å². The van der Waals surface area contributed by atoms with E-state index in [1.54, 1.807) is 6.20 Å².